The number of hydrogen-bond donors (Lipinski definition) is 0. The van der Waals surface area contributed by atoms with Gasteiger partial charge in [0.15, 0.2) is 5.17 Å². The lowest BCUT2D eigenvalue weighted by atomic mass is 9.87. The van der Waals surface area contributed by atoms with Gasteiger partial charge in [0.1, 0.15) is 5.76 Å². The molecule has 0 spiro atoms. The summed E-state index contributed by atoms with van der Waals surface area (Å²) in [7, 11) is 0. The lowest BCUT2D eigenvalue weighted by molar-refractivity contribution is -0.122. The second kappa shape index (κ2) is 9.93. The van der Waals surface area contributed by atoms with Gasteiger partial charge in [-0.3, -0.25) is 9.69 Å². The number of benzene rings is 2. The molecule has 0 atom stereocenters. The van der Waals surface area contributed by atoms with Crippen LogP contribution in [0.4, 0.5) is 0 Å². The number of amides is 1. The van der Waals surface area contributed by atoms with Crippen LogP contribution in [0, 0.1) is 0 Å². The van der Waals surface area contributed by atoms with E-state index in [2.05, 4.69) is 59.0 Å². The third-order valence-electron chi connectivity index (χ3n) is 5.06. The average molecular weight is 522 g/mol. The highest BCUT2D eigenvalue weighted by Crippen LogP contribution is 2.34. The topological polar surface area (TPSA) is 58.2 Å². The van der Waals surface area contributed by atoms with Gasteiger partial charge in [-0.15, -0.1) is 5.10 Å². The fourth-order valence-electron chi connectivity index (χ4n) is 3.24. The zero-order valence-corrected chi connectivity index (χ0v) is 21.1. The van der Waals surface area contributed by atoms with E-state index >= 15 is 0 Å². The van der Waals surface area contributed by atoms with Crippen LogP contribution in [-0.4, -0.2) is 22.2 Å². The van der Waals surface area contributed by atoms with Gasteiger partial charge < -0.3 is 4.42 Å². The van der Waals surface area contributed by atoms with Crippen molar-refractivity contribution in [2.45, 2.75) is 32.7 Å². The largest absolute Gasteiger partial charge is 0.467 e. The van der Waals surface area contributed by atoms with Crippen LogP contribution in [0.2, 0.25) is 0 Å². The van der Waals surface area contributed by atoms with Crippen LogP contribution in [0.5, 0.6) is 0 Å². The van der Waals surface area contributed by atoms with E-state index in [1.165, 1.54) is 17.3 Å². The lowest BCUT2D eigenvalue weighted by Crippen LogP contribution is -2.28. The van der Waals surface area contributed by atoms with Crippen molar-refractivity contribution in [2.24, 2.45) is 10.2 Å². The Bertz CT molecular complexity index is 1220. The zero-order chi connectivity index (χ0) is 23.4. The van der Waals surface area contributed by atoms with Crippen molar-refractivity contribution < 1.29 is 9.21 Å². The number of rotatable bonds is 5. The monoisotopic (exact) mass is 521 g/mol. The molecule has 1 aliphatic heterocycles. The standard InChI is InChI=1S/C26H24BrN3O2S/c1-26(2,3)20-11-9-18(10-12-20)15-23-24(31)30(17-22-8-5-13-32-22)25(33-23)29-28-16-19-6-4-7-21(27)14-19/h4-16H,17H2,1-3H3/b23-15-,28-16-,29-25+. The molecule has 0 bridgehead atoms. The molecule has 1 aliphatic rings. The van der Waals surface area contributed by atoms with Crippen LogP contribution in [0.15, 0.2) is 90.9 Å². The van der Waals surface area contributed by atoms with Crippen LogP contribution in [0.25, 0.3) is 6.08 Å². The summed E-state index contributed by atoms with van der Waals surface area (Å²) < 4.78 is 6.42. The van der Waals surface area contributed by atoms with Gasteiger partial charge in [-0.25, -0.2) is 0 Å². The van der Waals surface area contributed by atoms with Gasteiger partial charge in [0.2, 0.25) is 0 Å². The summed E-state index contributed by atoms with van der Waals surface area (Å²) >= 11 is 4.77. The number of carbonyl (C=O) groups excluding carboxylic acids is 1. The Kier molecular flexibility index (Phi) is 7.00. The van der Waals surface area contributed by atoms with E-state index in [0.717, 1.165) is 15.6 Å². The van der Waals surface area contributed by atoms with Crippen LogP contribution < -0.4 is 0 Å². The molecule has 2 aromatic carbocycles. The van der Waals surface area contributed by atoms with E-state index in [9.17, 15) is 4.79 Å². The number of hydrogen-bond acceptors (Lipinski definition) is 5. The van der Waals surface area contributed by atoms with E-state index in [1.54, 1.807) is 23.4 Å². The van der Waals surface area contributed by atoms with Crippen molar-refractivity contribution in [2.75, 3.05) is 0 Å². The Balaban J connectivity index is 1.60. The lowest BCUT2D eigenvalue weighted by Gasteiger charge is -2.18. The average Bonchev–Trinajstić information content (AvgIpc) is 3.38. The van der Waals surface area contributed by atoms with Crippen LogP contribution >= 0.6 is 27.7 Å². The summed E-state index contributed by atoms with van der Waals surface area (Å²) in [5.41, 5.74) is 3.21. The van der Waals surface area contributed by atoms with Gasteiger partial charge >= 0.3 is 0 Å². The van der Waals surface area contributed by atoms with Gasteiger partial charge in [0.25, 0.3) is 5.91 Å². The van der Waals surface area contributed by atoms with Gasteiger partial charge in [0, 0.05) is 4.47 Å². The van der Waals surface area contributed by atoms with E-state index in [1.807, 2.05) is 48.5 Å². The summed E-state index contributed by atoms with van der Waals surface area (Å²) in [5, 5.41) is 9.10. The second-order valence-corrected chi connectivity index (χ2v) is 10.6. The van der Waals surface area contributed by atoms with Crippen LogP contribution in [0.3, 0.4) is 0 Å². The van der Waals surface area contributed by atoms with E-state index in [-0.39, 0.29) is 11.3 Å². The maximum atomic E-state index is 13.2. The first kappa shape index (κ1) is 23.3. The van der Waals surface area contributed by atoms with Crippen molar-refractivity contribution in [1.82, 2.24) is 4.90 Å². The van der Waals surface area contributed by atoms with Crippen molar-refractivity contribution in [3.05, 3.63) is 98.8 Å². The molecular weight excluding hydrogens is 498 g/mol. The third kappa shape index (κ3) is 5.92. The van der Waals surface area contributed by atoms with Gasteiger partial charge in [-0.05, 0) is 64.2 Å². The molecule has 5 nitrogen and oxygen atoms in total. The Morgan fingerprint density at radius 1 is 1.06 bits per heavy atom. The highest BCUT2D eigenvalue weighted by atomic mass is 79.9. The summed E-state index contributed by atoms with van der Waals surface area (Å²) in [6, 6.07) is 19.7. The molecule has 4 rings (SSSR count). The van der Waals surface area contributed by atoms with Crippen molar-refractivity contribution in [3.63, 3.8) is 0 Å². The molecular formula is C26H24BrN3O2S. The molecule has 168 valence electrons. The smallest absolute Gasteiger partial charge is 0.267 e. The zero-order valence-electron chi connectivity index (χ0n) is 18.7. The number of carbonyl (C=O) groups is 1. The van der Waals surface area contributed by atoms with E-state index in [4.69, 9.17) is 4.42 Å². The molecule has 2 heterocycles. The normalized spacial score (nSPS) is 17.1. The molecule has 0 radical (unpaired) electrons. The third-order valence-corrected chi connectivity index (χ3v) is 6.55. The number of amidine groups is 1. The van der Waals surface area contributed by atoms with Gasteiger partial charge in [-0.2, -0.15) is 5.10 Å². The molecule has 1 fully saturated rings. The Morgan fingerprint density at radius 2 is 1.85 bits per heavy atom. The minimum Gasteiger partial charge on any atom is -0.467 e. The SMILES string of the molecule is CC(C)(C)c1ccc(/C=C2\S/C(=N/N=C\c3cccc(Br)c3)N(Cc3ccco3)C2=O)cc1. The summed E-state index contributed by atoms with van der Waals surface area (Å²) in [4.78, 5) is 15.4. The maximum Gasteiger partial charge on any atom is 0.267 e. The van der Waals surface area contributed by atoms with Gasteiger partial charge in [-0.1, -0.05) is 73.1 Å². The minimum atomic E-state index is -0.118. The Hall–Kier alpha value is -2.90. The van der Waals surface area contributed by atoms with E-state index < -0.39 is 0 Å². The molecule has 0 unspecified atom stereocenters. The van der Waals surface area contributed by atoms with Crippen molar-refractivity contribution in [1.29, 1.82) is 0 Å². The summed E-state index contributed by atoms with van der Waals surface area (Å²) in [5.74, 6) is 0.566. The predicted molar refractivity (Wildman–Crippen MR) is 139 cm³/mol. The minimum absolute atomic E-state index is 0.0790. The number of furan rings is 1. The first-order valence-corrected chi connectivity index (χ1v) is 12.1. The molecule has 0 saturated carbocycles. The highest BCUT2D eigenvalue weighted by molar-refractivity contribution is 9.10. The summed E-state index contributed by atoms with van der Waals surface area (Å²) in [6.07, 6.45) is 5.16. The molecule has 1 saturated heterocycles. The summed E-state index contributed by atoms with van der Waals surface area (Å²) in [6.45, 7) is 6.84. The van der Waals surface area contributed by atoms with Crippen LogP contribution in [-0.2, 0) is 16.8 Å². The second-order valence-electron chi connectivity index (χ2n) is 8.64. The molecule has 33 heavy (non-hydrogen) atoms. The Labute approximate surface area is 206 Å². The molecule has 0 aliphatic carbocycles. The molecule has 1 aromatic heterocycles. The molecule has 7 heteroatoms. The molecule has 3 aromatic rings. The van der Waals surface area contributed by atoms with Crippen LogP contribution in [0.1, 0.15) is 43.2 Å². The van der Waals surface area contributed by atoms with Crippen molar-refractivity contribution >= 4 is 51.1 Å². The highest BCUT2D eigenvalue weighted by Gasteiger charge is 2.34. The quantitative estimate of drug-likeness (QED) is 0.209. The fourth-order valence-corrected chi connectivity index (χ4v) is 4.59. The number of nitrogens with zero attached hydrogens (tertiary/aromatic N) is 3. The molecule has 1 amide bonds. The van der Waals surface area contributed by atoms with E-state index in [0.29, 0.717) is 22.4 Å². The fraction of sp³-hybridized carbons (Fsp3) is 0.192. The first-order valence-electron chi connectivity index (χ1n) is 10.5. The maximum absolute atomic E-state index is 13.2. The van der Waals surface area contributed by atoms with Crippen molar-refractivity contribution in [3.8, 4) is 0 Å². The van der Waals surface area contributed by atoms with Gasteiger partial charge in [0.05, 0.1) is 23.9 Å². The number of halogens is 1. The predicted octanol–water partition coefficient (Wildman–Crippen LogP) is 6.85. The Morgan fingerprint density at radius 3 is 2.52 bits per heavy atom. The number of thioether (sulfide) groups is 1. The first-order chi connectivity index (χ1) is 15.8. The molecule has 0 N–H and O–H groups in total.